The van der Waals surface area contributed by atoms with Crippen LogP contribution in [0.25, 0.3) is 34.7 Å². The molecule has 0 aliphatic carbocycles. The lowest BCUT2D eigenvalue weighted by molar-refractivity contribution is -0.665. The summed E-state index contributed by atoms with van der Waals surface area (Å²) in [6.07, 6.45) is 4.12. The Labute approximate surface area is 172 Å². The third-order valence-electron chi connectivity index (χ3n) is 5.00. The minimum Gasteiger partial charge on any atom is -0.397 e. The zero-order chi connectivity index (χ0) is 20.2. The molecule has 0 radical (unpaired) electrons. The molecule has 4 aromatic rings. The molecular weight excluding hydrogens is 356 g/mol. The highest BCUT2D eigenvalue weighted by molar-refractivity contribution is 5.76. The molecule has 29 heavy (non-hydrogen) atoms. The first-order valence-electron chi connectivity index (χ1n) is 9.72. The Hall–Kier alpha value is -3.59. The van der Waals surface area contributed by atoms with Crippen molar-refractivity contribution in [3.8, 4) is 22.6 Å². The molecule has 0 amide bonds. The lowest BCUT2D eigenvalue weighted by atomic mass is 10.1. The summed E-state index contributed by atoms with van der Waals surface area (Å²) in [5, 5.41) is 0. The molecule has 0 fully saturated rings. The first-order chi connectivity index (χ1) is 14.1. The number of rotatable bonds is 5. The van der Waals surface area contributed by atoms with Gasteiger partial charge < -0.3 is 9.32 Å². The quantitative estimate of drug-likeness (QED) is 0.415. The zero-order valence-electron chi connectivity index (χ0n) is 17.0. The maximum atomic E-state index is 6.34. The van der Waals surface area contributed by atoms with Gasteiger partial charge in [0.05, 0.1) is 11.6 Å². The van der Waals surface area contributed by atoms with Crippen LogP contribution in [0.5, 0.6) is 0 Å². The van der Waals surface area contributed by atoms with Gasteiger partial charge >= 0.3 is 5.89 Å². The molecule has 3 heteroatoms. The van der Waals surface area contributed by atoms with E-state index in [4.69, 9.17) is 4.42 Å². The molecule has 0 aliphatic heterocycles. The summed E-state index contributed by atoms with van der Waals surface area (Å²) in [4.78, 5) is 2.10. The molecule has 0 unspecified atom stereocenters. The first kappa shape index (κ1) is 18.8. The maximum Gasteiger partial charge on any atom is 0.373 e. The van der Waals surface area contributed by atoms with E-state index in [9.17, 15) is 0 Å². The van der Waals surface area contributed by atoms with E-state index in [0.717, 1.165) is 34.0 Å². The van der Waals surface area contributed by atoms with Crippen LogP contribution in [0, 0.1) is 0 Å². The Morgan fingerprint density at radius 3 is 1.90 bits per heavy atom. The minimum absolute atomic E-state index is 0.805. The van der Waals surface area contributed by atoms with Crippen LogP contribution in [0.4, 0.5) is 5.69 Å². The van der Waals surface area contributed by atoms with Crippen molar-refractivity contribution in [3.05, 3.63) is 96.4 Å². The molecule has 0 N–H and O–H groups in total. The Morgan fingerprint density at radius 1 is 0.724 bits per heavy atom. The molecule has 0 saturated heterocycles. The largest absolute Gasteiger partial charge is 0.397 e. The van der Waals surface area contributed by atoms with E-state index < -0.39 is 0 Å². The van der Waals surface area contributed by atoms with Gasteiger partial charge in [0.1, 0.15) is 7.05 Å². The van der Waals surface area contributed by atoms with Crippen molar-refractivity contribution in [2.75, 3.05) is 19.0 Å². The first-order valence-corrected chi connectivity index (χ1v) is 9.72. The highest BCUT2D eigenvalue weighted by atomic mass is 16.4. The molecule has 0 saturated carbocycles. The van der Waals surface area contributed by atoms with Gasteiger partial charge in [0.25, 0.3) is 5.69 Å². The van der Waals surface area contributed by atoms with E-state index in [1.54, 1.807) is 0 Å². The predicted molar refractivity (Wildman–Crippen MR) is 120 cm³/mol. The van der Waals surface area contributed by atoms with Gasteiger partial charge in [-0.25, -0.2) is 0 Å². The Bertz CT molecular complexity index is 1110. The van der Waals surface area contributed by atoms with Gasteiger partial charge in [-0.1, -0.05) is 60.7 Å². The SMILES string of the molecule is CN(C)c1ccc(C=Cc2oc(-c3ccccc3)c(-c3ccccc3)[n+]2C)cc1. The van der Waals surface area contributed by atoms with Gasteiger partial charge in [0.15, 0.2) is 0 Å². The second kappa shape index (κ2) is 8.19. The Kier molecular flexibility index (Phi) is 5.30. The number of hydrogen-bond donors (Lipinski definition) is 0. The van der Waals surface area contributed by atoms with Crippen LogP contribution in [0.2, 0.25) is 0 Å². The highest BCUT2D eigenvalue weighted by Gasteiger charge is 2.26. The molecule has 0 bridgehead atoms. The molecule has 0 atom stereocenters. The fourth-order valence-electron chi connectivity index (χ4n) is 3.39. The molecule has 3 nitrogen and oxygen atoms in total. The summed E-state index contributed by atoms with van der Waals surface area (Å²) in [5.41, 5.74) is 5.59. The molecular formula is C26H25N2O+. The lowest BCUT2D eigenvalue weighted by Gasteiger charge is -2.11. The van der Waals surface area contributed by atoms with Crippen molar-refractivity contribution < 1.29 is 8.98 Å². The average Bonchev–Trinajstić information content (AvgIpc) is 3.10. The zero-order valence-corrected chi connectivity index (χ0v) is 17.0. The summed E-state index contributed by atoms with van der Waals surface area (Å²) < 4.78 is 8.45. The van der Waals surface area contributed by atoms with Crippen molar-refractivity contribution in [1.29, 1.82) is 0 Å². The van der Waals surface area contributed by atoms with E-state index in [1.165, 1.54) is 5.69 Å². The molecule has 1 heterocycles. The molecule has 3 aromatic carbocycles. The fraction of sp³-hybridized carbons (Fsp3) is 0.115. The molecule has 1 aromatic heterocycles. The monoisotopic (exact) mass is 381 g/mol. The fourth-order valence-corrected chi connectivity index (χ4v) is 3.39. The predicted octanol–water partition coefficient (Wildman–Crippen LogP) is 5.67. The average molecular weight is 381 g/mol. The van der Waals surface area contributed by atoms with Crippen molar-refractivity contribution in [2.45, 2.75) is 0 Å². The van der Waals surface area contributed by atoms with Crippen LogP contribution in [-0.2, 0) is 7.05 Å². The van der Waals surface area contributed by atoms with Gasteiger partial charge in [-0.05, 0) is 35.9 Å². The van der Waals surface area contributed by atoms with E-state index in [0.29, 0.717) is 0 Å². The van der Waals surface area contributed by atoms with E-state index in [-0.39, 0.29) is 0 Å². The van der Waals surface area contributed by atoms with Crippen LogP contribution in [0.3, 0.4) is 0 Å². The van der Waals surface area contributed by atoms with E-state index in [2.05, 4.69) is 76.2 Å². The van der Waals surface area contributed by atoms with Crippen LogP contribution < -0.4 is 9.47 Å². The summed E-state index contributed by atoms with van der Waals surface area (Å²) >= 11 is 0. The number of hydrogen-bond acceptors (Lipinski definition) is 2. The number of oxazole rings is 1. The summed E-state index contributed by atoms with van der Waals surface area (Å²) in [7, 11) is 6.14. The minimum atomic E-state index is 0.805. The second-order valence-corrected chi connectivity index (χ2v) is 7.23. The van der Waals surface area contributed by atoms with Gasteiger partial charge in [-0.15, -0.1) is 0 Å². The van der Waals surface area contributed by atoms with E-state index in [1.807, 2.05) is 51.5 Å². The number of nitrogens with zero attached hydrogens (tertiary/aromatic N) is 2. The summed E-state index contributed by atoms with van der Waals surface area (Å²) in [5.74, 6) is 1.68. The molecule has 144 valence electrons. The van der Waals surface area contributed by atoms with Crippen LogP contribution in [0.15, 0.2) is 89.3 Å². The Morgan fingerprint density at radius 2 is 1.31 bits per heavy atom. The number of anilines is 1. The molecule has 0 spiro atoms. The topological polar surface area (TPSA) is 20.3 Å². The van der Waals surface area contributed by atoms with Crippen molar-refractivity contribution in [1.82, 2.24) is 0 Å². The van der Waals surface area contributed by atoms with Crippen LogP contribution >= 0.6 is 0 Å². The standard InChI is InChI=1S/C26H25N2O/c1-27(2)23-17-14-20(15-18-23)16-19-24-28(3)25(21-10-6-4-7-11-21)26(29-24)22-12-8-5-9-13-22/h4-19H,1-3H3/q+1. The van der Waals surface area contributed by atoms with Crippen molar-refractivity contribution >= 4 is 17.8 Å². The molecule has 4 rings (SSSR count). The normalized spacial score (nSPS) is 11.1. The third kappa shape index (κ3) is 3.99. The summed E-state index contributed by atoms with van der Waals surface area (Å²) in [6, 6.07) is 29.1. The van der Waals surface area contributed by atoms with Crippen LogP contribution in [-0.4, -0.2) is 14.1 Å². The lowest BCUT2D eigenvalue weighted by Crippen LogP contribution is -2.31. The molecule has 0 aliphatic rings. The Balaban J connectivity index is 1.75. The van der Waals surface area contributed by atoms with Crippen LogP contribution in [0.1, 0.15) is 11.5 Å². The third-order valence-corrected chi connectivity index (χ3v) is 5.00. The smallest absolute Gasteiger partial charge is 0.373 e. The van der Waals surface area contributed by atoms with Crippen molar-refractivity contribution in [3.63, 3.8) is 0 Å². The van der Waals surface area contributed by atoms with Gasteiger partial charge in [-0.2, -0.15) is 4.57 Å². The highest BCUT2D eigenvalue weighted by Crippen LogP contribution is 2.31. The number of benzene rings is 3. The second-order valence-electron chi connectivity index (χ2n) is 7.23. The van der Waals surface area contributed by atoms with E-state index >= 15 is 0 Å². The number of aromatic nitrogens is 1. The van der Waals surface area contributed by atoms with Gasteiger partial charge in [-0.3, -0.25) is 0 Å². The van der Waals surface area contributed by atoms with Gasteiger partial charge in [0.2, 0.25) is 5.76 Å². The summed E-state index contributed by atoms with van der Waals surface area (Å²) in [6.45, 7) is 0. The van der Waals surface area contributed by atoms with Crippen molar-refractivity contribution in [2.24, 2.45) is 7.05 Å². The maximum absolute atomic E-state index is 6.34. The van der Waals surface area contributed by atoms with Gasteiger partial charge in [0, 0.05) is 25.3 Å².